The molecule has 4 nitrogen and oxygen atoms in total. The highest BCUT2D eigenvalue weighted by Crippen LogP contribution is 2.35. The van der Waals surface area contributed by atoms with E-state index in [0.29, 0.717) is 18.5 Å². The van der Waals surface area contributed by atoms with Crippen LogP contribution in [0.25, 0.3) is 0 Å². The van der Waals surface area contributed by atoms with Gasteiger partial charge in [0.2, 0.25) is 5.91 Å². The minimum atomic E-state index is 0.245. The van der Waals surface area contributed by atoms with Gasteiger partial charge in [0.05, 0.1) is 0 Å². The number of carbonyl (C=O) groups is 1. The lowest BCUT2D eigenvalue weighted by molar-refractivity contribution is -0.121. The summed E-state index contributed by atoms with van der Waals surface area (Å²) >= 11 is 0. The van der Waals surface area contributed by atoms with Crippen molar-refractivity contribution in [3.63, 3.8) is 0 Å². The fourth-order valence-corrected chi connectivity index (χ4v) is 3.92. The molecule has 3 heterocycles. The van der Waals surface area contributed by atoms with Crippen molar-refractivity contribution in [2.24, 2.45) is 11.8 Å². The molecule has 0 saturated carbocycles. The topological polar surface area (TPSA) is 44.4 Å². The van der Waals surface area contributed by atoms with Crippen LogP contribution in [0.4, 0.5) is 0 Å². The predicted molar refractivity (Wildman–Crippen MR) is 66.7 cm³/mol. The fourth-order valence-electron chi connectivity index (χ4n) is 3.92. The van der Waals surface area contributed by atoms with E-state index in [1.54, 1.807) is 0 Å². The zero-order valence-corrected chi connectivity index (χ0v) is 10.6. The summed E-state index contributed by atoms with van der Waals surface area (Å²) in [5.74, 6) is 1.87. The van der Waals surface area contributed by atoms with E-state index in [4.69, 9.17) is 0 Å². The van der Waals surface area contributed by atoms with Crippen molar-refractivity contribution in [3.05, 3.63) is 0 Å². The van der Waals surface area contributed by atoms with Gasteiger partial charge in [-0.1, -0.05) is 0 Å². The lowest BCUT2D eigenvalue weighted by atomic mass is 9.95. The van der Waals surface area contributed by atoms with E-state index < -0.39 is 0 Å². The maximum atomic E-state index is 11.7. The van der Waals surface area contributed by atoms with Gasteiger partial charge < -0.3 is 10.6 Å². The van der Waals surface area contributed by atoms with Gasteiger partial charge in [-0.15, -0.1) is 0 Å². The van der Waals surface area contributed by atoms with Crippen LogP contribution in [0.5, 0.6) is 0 Å². The molecule has 2 N–H and O–H groups in total. The van der Waals surface area contributed by atoms with Gasteiger partial charge >= 0.3 is 0 Å². The summed E-state index contributed by atoms with van der Waals surface area (Å²) in [5, 5.41) is 6.48. The molecule has 0 spiro atoms. The van der Waals surface area contributed by atoms with Gasteiger partial charge in [0.15, 0.2) is 0 Å². The number of rotatable bonds is 1. The average Bonchev–Trinajstić information content (AvgIpc) is 2.80. The summed E-state index contributed by atoms with van der Waals surface area (Å²) < 4.78 is 0. The maximum absolute atomic E-state index is 11.7. The molecule has 4 atom stereocenters. The molecular formula is C13H23N3O. The van der Waals surface area contributed by atoms with Gasteiger partial charge in [0, 0.05) is 31.6 Å². The van der Waals surface area contributed by atoms with Crippen molar-refractivity contribution in [1.29, 1.82) is 0 Å². The van der Waals surface area contributed by atoms with Crippen LogP contribution in [0, 0.1) is 11.8 Å². The second-order valence-corrected chi connectivity index (χ2v) is 5.87. The van der Waals surface area contributed by atoms with Gasteiger partial charge in [-0.2, -0.15) is 0 Å². The number of amides is 1. The van der Waals surface area contributed by atoms with Crippen molar-refractivity contribution in [2.45, 2.75) is 38.3 Å². The van der Waals surface area contributed by atoms with Crippen LogP contribution in [0.1, 0.15) is 26.2 Å². The Kier molecular flexibility index (Phi) is 3.09. The first-order valence-corrected chi connectivity index (χ1v) is 6.99. The van der Waals surface area contributed by atoms with Crippen LogP contribution in [0.3, 0.4) is 0 Å². The van der Waals surface area contributed by atoms with Crippen molar-refractivity contribution >= 4 is 5.91 Å². The Bertz CT molecular complexity index is 307. The molecule has 0 radical (unpaired) electrons. The highest BCUT2D eigenvalue weighted by atomic mass is 16.1. The van der Waals surface area contributed by atoms with Crippen molar-refractivity contribution in [3.8, 4) is 0 Å². The third kappa shape index (κ3) is 2.08. The minimum absolute atomic E-state index is 0.245. The molecule has 1 amide bonds. The zero-order chi connectivity index (χ0) is 11.8. The SMILES string of the molecule is CC1C2CNCC2CN1C1CCCNC(=O)C1. The molecule has 4 unspecified atom stereocenters. The average molecular weight is 237 g/mol. The second-order valence-electron chi connectivity index (χ2n) is 5.87. The Hall–Kier alpha value is -0.610. The van der Waals surface area contributed by atoms with Crippen LogP contribution < -0.4 is 10.6 Å². The predicted octanol–water partition coefficient (Wildman–Crippen LogP) is 0.195. The van der Waals surface area contributed by atoms with E-state index >= 15 is 0 Å². The van der Waals surface area contributed by atoms with Crippen molar-refractivity contribution in [1.82, 2.24) is 15.5 Å². The molecular weight excluding hydrogens is 214 g/mol. The number of likely N-dealkylation sites (tertiary alicyclic amines) is 1. The summed E-state index contributed by atoms with van der Waals surface area (Å²) in [5.41, 5.74) is 0. The largest absolute Gasteiger partial charge is 0.356 e. The molecule has 3 saturated heterocycles. The normalized spacial score (nSPS) is 43.2. The summed E-state index contributed by atoms with van der Waals surface area (Å²) in [6.07, 6.45) is 3.01. The van der Waals surface area contributed by atoms with Gasteiger partial charge in [-0.3, -0.25) is 9.69 Å². The summed E-state index contributed by atoms with van der Waals surface area (Å²) in [6, 6.07) is 1.13. The highest BCUT2D eigenvalue weighted by molar-refractivity contribution is 5.76. The molecule has 3 rings (SSSR count). The second kappa shape index (κ2) is 4.58. The molecule has 17 heavy (non-hydrogen) atoms. The summed E-state index contributed by atoms with van der Waals surface area (Å²) in [7, 11) is 0. The van der Waals surface area contributed by atoms with E-state index in [1.807, 2.05) is 0 Å². The Labute approximate surface area is 103 Å². The zero-order valence-electron chi connectivity index (χ0n) is 10.6. The molecule has 0 aliphatic carbocycles. The standard InChI is InChI=1S/C13H23N3O/c1-9-12-7-14-6-10(12)8-16(9)11-3-2-4-15-13(17)5-11/h9-12,14H,2-8H2,1H3,(H,15,17). The van der Waals surface area contributed by atoms with E-state index in [1.165, 1.54) is 26.1 Å². The van der Waals surface area contributed by atoms with Crippen LogP contribution in [0.2, 0.25) is 0 Å². The van der Waals surface area contributed by atoms with E-state index in [9.17, 15) is 4.79 Å². The number of hydrogen-bond donors (Lipinski definition) is 2. The third-order valence-electron chi connectivity index (χ3n) is 4.91. The van der Waals surface area contributed by atoms with Crippen LogP contribution in [-0.4, -0.2) is 49.1 Å². The van der Waals surface area contributed by atoms with Crippen LogP contribution in [0.15, 0.2) is 0 Å². The number of nitrogens with one attached hydrogen (secondary N) is 2. The van der Waals surface area contributed by atoms with Crippen molar-refractivity contribution in [2.75, 3.05) is 26.2 Å². The monoisotopic (exact) mass is 237 g/mol. The molecule has 96 valence electrons. The molecule has 3 aliphatic heterocycles. The molecule has 0 aromatic rings. The lowest BCUT2D eigenvalue weighted by Gasteiger charge is -2.31. The first-order valence-electron chi connectivity index (χ1n) is 6.99. The first kappa shape index (κ1) is 11.5. The van der Waals surface area contributed by atoms with Gasteiger partial charge in [-0.25, -0.2) is 0 Å². The molecule has 3 fully saturated rings. The molecule has 3 aliphatic rings. The molecule has 0 aromatic carbocycles. The smallest absolute Gasteiger partial charge is 0.221 e. The van der Waals surface area contributed by atoms with E-state index in [0.717, 1.165) is 24.8 Å². The van der Waals surface area contributed by atoms with E-state index in [2.05, 4.69) is 22.5 Å². The molecule has 4 heteroatoms. The highest BCUT2D eigenvalue weighted by Gasteiger charge is 2.44. The van der Waals surface area contributed by atoms with Crippen molar-refractivity contribution < 1.29 is 4.79 Å². The summed E-state index contributed by atoms with van der Waals surface area (Å²) in [6.45, 7) is 6.74. The van der Waals surface area contributed by atoms with E-state index in [-0.39, 0.29) is 5.91 Å². The number of carbonyl (C=O) groups excluding carboxylic acids is 1. The molecule has 0 bridgehead atoms. The Morgan fingerprint density at radius 3 is 3.06 bits per heavy atom. The quantitative estimate of drug-likeness (QED) is 0.684. The number of nitrogens with zero attached hydrogens (tertiary/aromatic N) is 1. The lowest BCUT2D eigenvalue weighted by Crippen LogP contribution is -2.42. The van der Waals surface area contributed by atoms with Gasteiger partial charge in [0.25, 0.3) is 0 Å². The summed E-state index contributed by atoms with van der Waals surface area (Å²) in [4.78, 5) is 14.3. The Morgan fingerprint density at radius 1 is 1.35 bits per heavy atom. The number of fused-ring (bicyclic) bond motifs is 1. The van der Waals surface area contributed by atoms with Crippen LogP contribution >= 0.6 is 0 Å². The molecule has 0 aromatic heterocycles. The fraction of sp³-hybridized carbons (Fsp3) is 0.923. The maximum Gasteiger partial charge on any atom is 0.221 e. The first-order chi connectivity index (χ1) is 8.25. The van der Waals surface area contributed by atoms with Gasteiger partial charge in [-0.05, 0) is 44.7 Å². The Balaban J connectivity index is 1.69. The van der Waals surface area contributed by atoms with Gasteiger partial charge in [0.1, 0.15) is 0 Å². The van der Waals surface area contributed by atoms with Crippen LogP contribution in [-0.2, 0) is 4.79 Å². The minimum Gasteiger partial charge on any atom is -0.356 e. The number of hydrogen-bond acceptors (Lipinski definition) is 3. The third-order valence-corrected chi connectivity index (χ3v) is 4.91. The Morgan fingerprint density at radius 2 is 2.24 bits per heavy atom.